The number of benzene rings is 2. The van der Waals surface area contributed by atoms with Crippen LogP contribution in [0.3, 0.4) is 0 Å². The molecule has 0 fully saturated rings. The molecule has 8 nitrogen and oxygen atoms in total. The molecule has 2 aromatic carbocycles. The summed E-state index contributed by atoms with van der Waals surface area (Å²) in [5.41, 5.74) is 0.604. The van der Waals surface area contributed by atoms with Crippen molar-refractivity contribution in [3.8, 4) is 5.75 Å². The van der Waals surface area contributed by atoms with Gasteiger partial charge in [0.15, 0.2) is 15.6 Å². The number of amides is 2. The van der Waals surface area contributed by atoms with Gasteiger partial charge >= 0.3 is 0 Å². The molecule has 0 atom stereocenters. The molecular formula is C19H18ClN3O5S. The first-order valence-corrected chi connectivity index (χ1v) is 10.6. The quantitative estimate of drug-likeness (QED) is 0.456. The summed E-state index contributed by atoms with van der Waals surface area (Å²) in [5.74, 6) is -1.75. The number of H-pyrrole nitrogens is 1. The zero-order valence-electron chi connectivity index (χ0n) is 15.5. The summed E-state index contributed by atoms with van der Waals surface area (Å²) in [6.45, 7) is 2.68. The van der Waals surface area contributed by atoms with E-state index in [0.29, 0.717) is 15.9 Å². The maximum atomic E-state index is 12.7. The van der Waals surface area contributed by atoms with E-state index in [1.807, 2.05) is 0 Å². The molecule has 1 aromatic heterocycles. The van der Waals surface area contributed by atoms with E-state index in [0.717, 1.165) is 12.1 Å². The van der Waals surface area contributed by atoms with Gasteiger partial charge in [-0.3, -0.25) is 9.59 Å². The predicted octanol–water partition coefficient (Wildman–Crippen LogP) is 3.53. The molecule has 29 heavy (non-hydrogen) atoms. The number of carbonyl (C=O) groups is 2. The Bertz CT molecular complexity index is 1230. The van der Waals surface area contributed by atoms with E-state index in [-0.39, 0.29) is 27.7 Å². The molecule has 0 saturated heterocycles. The molecular weight excluding hydrogens is 418 g/mol. The van der Waals surface area contributed by atoms with E-state index in [9.17, 15) is 23.1 Å². The van der Waals surface area contributed by atoms with Gasteiger partial charge in [0, 0.05) is 22.8 Å². The summed E-state index contributed by atoms with van der Waals surface area (Å²) < 4.78 is 24.6. The van der Waals surface area contributed by atoms with Crippen molar-refractivity contribution in [2.24, 2.45) is 0 Å². The molecule has 10 heteroatoms. The van der Waals surface area contributed by atoms with Crippen molar-refractivity contribution in [3.05, 3.63) is 47.1 Å². The Hall–Kier alpha value is -3.04. The second kappa shape index (κ2) is 7.76. The van der Waals surface area contributed by atoms with Crippen LogP contribution in [0.4, 0.5) is 11.4 Å². The number of anilines is 2. The number of phenolic OH excluding ortho intramolecular Hbond substituents is 1. The molecule has 0 radical (unpaired) electrons. The monoisotopic (exact) mass is 435 g/mol. The topological polar surface area (TPSA) is 128 Å². The minimum absolute atomic E-state index is 0.120. The molecule has 0 aliphatic carbocycles. The van der Waals surface area contributed by atoms with Crippen molar-refractivity contribution in [3.63, 3.8) is 0 Å². The smallest absolute Gasteiger partial charge is 0.272 e. The highest BCUT2D eigenvalue weighted by molar-refractivity contribution is 7.91. The Morgan fingerprint density at radius 3 is 2.38 bits per heavy atom. The number of sulfone groups is 1. The van der Waals surface area contributed by atoms with Gasteiger partial charge in [-0.1, -0.05) is 18.5 Å². The minimum atomic E-state index is -3.66. The third-order valence-corrected chi connectivity index (χ3v) is 6.16. The average Bonchev–Trinajstić information content (AvgIpc) is 3.07. The number of phenols is 1. The summed E-state index contributed by atoms with van der Waals surface area (Å²) in [7, 11) is -3.66. The van der Waals surface area contributed by atoms with Gasteiger partial charge in [0.2, 0.25) is 5.91 Å². The Morgan fingerprint density at radius 1 is 1.10 bits per heavy atom. The summed E-state index contributed by atoms with van der Waals surface area (Å²) in [5, 5.41) is 16.5. The van der Waals surface area contributed by atoms with Crippen LogP contribution in [0.25, 0.3) is 10.9 Å². The van der Waals surface area contributed by atoms with Crippen molar-refractivity contribution in [2.75, 3.05) is 16.4 Å². The average molecular weight is 436 g/mol. The predicted molar refractivity (Wildman–Crippen MR) is 111 cm³/mol. The molecule has 0 aliphatic rings. The number of hydrogen-bond donors (Lipinski definition) is 4. The van der Waals surface area contributed by atoms with Crippen LogP contribution in [0.5, 0.6) is 5.75 Å². The van der Waals surface area contributed by atoms with E-state index < -0.39 is 27.4 Å². The second-order valence-corrected chi connectivity index (χ2v) is 9.04. The van der Waals surface area contributed by atoms with E-state index in [4.69, 9.17) is 11.6 Å². The van der Waals surface area contributed by atoms with E-state index in [1.54, 1.807) is 24.3 Å². The minimum Gasteiger partial charge on any atom is -0.504 e. The van der Waals surface area contributed by atoms with E-state index in [1.165, 1.54) is 13.8 Å². The van der Waals surface area contributed by atoms with Gasteiger partial charge in [-0.15, -0.1) is 0 Å². The summed E-state index contributed by atoms with van der Waals surface area (Å²) in [6.07, 6.45) is 0. The molecule has 1 heterocycles. The Balaban J connectivity index is 2.02. The lowest BCUT2D eigenvalue weighted by Gasteiger charge is -2.14. The van der Waals surface area contributed by atoms with E-state index >= 15 is 0 Å². The fourth-order valence-electron chi connectivity index (χ4n) is 2.75. The molecule has 0 saturated carbocycles. The molecule has 0 spiro atoms. The zero-order chi connectivity index (χ0) is 21.3. The normalized spacial score (nSPS) is 11.4. The summed E-state index contributed by atoms with van der Waals surface area (Å²) in [6, 6.07) is 8.95. The number of nitrogens with one attached hydrogen (secondary N) is 3. The number of aromatic amines is 1. The largest absolute Gasteiger partial charge is 0.504 e. The summed E-state index contributed by atoms with van der Waals surface area (Å²) >= 11 is 5.95. The Labute approximate surface area is 171 Å². The van der Waals surface area contributed by atoms with Crippen LogP contribution >= 0.6 is 11.6 Å². The van der Waals surface area contributed by atoms with Gasteiger partial charge in [-0.2, -0.15) is 0 Å². The van der Waals surface area contributed by atoms with Crippen molar-refractivity contribution < 1.29 is 23.1 Å². The first-order chi connectivity index (χ1) is 13.6. The van der Waals surface area contributed by atoms with Crippen LogP contribution in [-0.4, -0.2) is 36.1 Å². The summed E-state index contributed by atoms with van der Waals surface area (Å²) in [4.78, 5) is 26.9. The maximum absolute atomic E-state index is 12.7. The van der Waals surface area contributed by atoms with Crippen molar-refractivity contribution >= 4 is 55.5 Å². The van der Waals surface area contributed by atoms with Gasteiger partial charge in [-0.25, -0.2) is 8.42 Å². The van der Waals surface area contributed by atoms with Gasteiger partial charge in [-0.05, 0) is 36.4 Å². The zero-order valence-corrected chi connectivity index (χ0v) is 17.1. The number of fused-ring (bicyclic) bond motifs is 1. The molecule has 0 aliphatic heterocycles. The van der Waals surface area contributed by atoms with Crippen molar-refractivity contribution in [1.82, 2.24) is 4.98 Å². The highest BCUT2D eigenvalue weighted by Crippen LogP contribution is 2.36. The van der Waals surface area contributed by atoms with Crippen LogP contribution in [0.2, 0.25) is 5.02 Å². The van der Waals surface area contributed by atoms with Crippen LogP contribution in [0.1, 0.15) is 24.3 Å². The van der Waals surface area contributed by atoms with Gasteiger partial charge in [0.25, 0.3) is 5.91 Å². The standard InChI is InChI=1S/C19H18ClN3O5S/c1-3-29(27,28)13-8-15(21-10(2)24)18(25)16(9-13)23-19(26)17-7-11-6-12(20)4-5-14(11)22-17/h4-9,22,25H,3H2,1-2H3,(H,21,24)(H,23,26). The van der Waals surface area contributed by atoms with Crippen LogP contribution < -0.4 is 10.6 Å². The Morgan fingerprint density at radius 2 is 1.76 bits per heavy atom. The first-order valence-electron chi connectivity index (χ1n) is 8.57. The van der Waals surface area contributed by atoms with Gasteiger partial charge < -0.3 is 20.7 Å². The highest BCUT2D eigenvalue weighted by atomic mass is 35.5. The van der Waals surface area contributed by atoms with E-state index in [2.05, 4.69) is 15.6 Å². The third kappa shape index (κ3) is 4.36. The molecule has 0 bridgehead atoms. The second-order valence-electron chi connectivity index (χ2n) is 6.32. The van der Waals surface area contributed by atoms with Crippen LogP contribution in [0, 0.1) is 0 Å². The first kappa shape index (κ1) is 20.7. The molecule has 4 N–H and O–H groups in total. The Kier molecular flexibility index (Phi) is 5.54. The van der Waals surface area contributed by atoms with Gasteiger partial charge in [0.05, 0.1) is 22.0 Å². The molecule has 3 aromatic rings. The third-order valence-electron chi connectivity index (χ3n) is 4.21. The number of rotatable bonds is 5. The number of carbonyl (C=O) groups excluding carboxylic acids is 2. The fraction of sp³-hybridized carbons (Fsp3) is 0.158. The number of halogens is 1. The van der Waals surface area contributed by atoms with Gasteiger partial charge in [0.1, 0.15) is 5.69 Å². The molecule has 152 valence electrons. The lowest BCUT2D eigenvalue weighted by atomic mass is 10.2. The SMILES string of the molecule is CCS(=O)(=O)c1cc(NC(C)=O)c(O)c(NC(=O)c2cc3cc(Cl)ccc3[nH]2)c1. The maximum Gasteiger partial charge on any atom is 0.272 e. The fourth-order valence-corrected chi connectivity index (χ4v) is 3.86. The van der Waals surface area contributed by atoms with Crippen molar-refractivity contribution in [2.45, 2.75) is 18.7 Å². The lowest BCUT2D eigenvalue weighted by molar-refractivity contribution is -0.114. The number of aromatic nitrogens is 1. The molecule has 3 rings (SSSR count). The molecule has 0 unspecified atom stereocenters. The number of hydrogen-bond acceptors (Lipinski definition) is 5. The van der Waals surface area contributed by atoms with Crippen molar-refractivity contribution in [1.29, 1.82) is 0 Å². The molecule has 2 amide bonds. The van der Waals surface area contributed by atoms with Crippen LogP contribution in [-0.2, 0) is 14.6 Å². The lowest BCUT2D eigenvalue weighted by Crippen LogP contribution is -2.15. The highest BCUT2D eigenvalue weighted by Gasteiger charge is 2.21. The number of aromatic hydroxyl groups is 1. The van der Waals surface area contributed by atoms with Crippen LogP contribution in [0.15, 0.2) is 41.3 Å².